The molecule has 0 heterocycles. The van der Waals surface area contributed by atoms with E-state index in [2.05, 4.69) is 43.4 Å². The van der Waals surface area contributed by atoms with Crippen LogP contribution in [0.5, 0.6) is 0 Å². The molecule has 1 fully saturated rings. The maximum Gasteiger partial charge on any atom is 0.0246 e. The summed E-state index contributed by atoms with van der Waals surface area (Å²) in [7, 11) is -0.664. The number of rotatable bonds is 6. The van der Waals surface area contributed by atoms with Gasteiger partial charge < -0.3 is 5.32 Å². The lowest BCUT2D eigenvalue weighted by molar-refractivity contribution is 0.268. The number of nitrogens with one attached hydrogen (secondary N) is 1. The Bertz CT molecular complexity index is 423. The lowest BCUT2D eigenvalue weighted by Gasteiger charge is -2.38. The van der Waals surface area contributed by atoms with Gasteiger partial charge in [-0.25, -0.2) is 0 Å². The zero-order valence-corrected chi connectivity index (χ0v) is 13.0. The minimum atomic E-state index is -0.664. The largest absolute Gasteiger partial charge is 0.311 e. The fraction of sp³-hybridized carbons (Fsp3) is 0.625. The molecule has 2 rings (SSSR count). The molecule has 1 aliphatic carbocycles. The van der Waals surface area contributed by atoms with Crippen molar-refractivity contribution in [1.29, 1.82) is 0 Å². The van der Waals surface area contributed by atoms with Crippen molar-refractivity contribution in [2.75, 3.05) is 12.0 Å². The van der Waals surface area contributed by atoms with Crippen molar-refractivity contribution in [3.05, 3.63) is 35.4 Å². The van der Waals surface area contributed by atoms with E-state index in [1.807, 2.05) is 0 Å². The van der Waals surface area contributed by atoms with Crippen molar-refractivity contribution in [2.24, 2.45) is 0 Å². The molecule has 0 bridgehead atoms. The molecule has 19 heavy (non-hydrogen) atoms. The smallest absolute Gasteiger partial charge is 0.0246 e. The monoisotopic (exact) mass is 279 g/mol. The molecule has 1 aliphatic rings. The molecule has 2 atom stereocenters. The third kappa shape index (κ3) is 4.43. The van der Waals surface area contributed by atoms with Gasteiger partial charge in [0.05, 0.1) is 0 Å². The first kappa shape index (κ1) is 14.7. The van der Waals surface area contributed by atoms with Crippen LogP contribution in [0.2, 0.25) is 0 Å². The standard InChI is InChI=1S/C16H25NOS/c1-12-4-6-14(7-5-12)15-10-16(11-15)17-13(2)8-9-19(3)18/h4-7,13,15-17H,8-11H2,1-3H3. The zero-order valence-electron chi connectivity index (χ0n) is 12.2. The first-order chi connectivity index (χ1) is 9.04. The molecule has 0 aliphatic heterocycles. The van der Waals surface area contributed by atoms with Crippen LogP contribution in [0, 0.1) is 6.92 Å². The summed E-state index contributed by atoms with van der Waals surface area (Å²) < 4.78 is 11.1. The van der Waals surface area contributed by atoms with Crippen LogP contribution in [-0.2, 0) is 10.8 Å². The zero-order chi connectivity index (χ0) is 13.8. The third-order valence-electron chi connectivity index (χ3n) is 4.05. The number of hydrogen-bond acceptors (Lipinski definition) is 2. The molecule has 1 aromatic carbocycles. The van der Waals surface area contributed by atoms with Gasteiger partial charge in [0.15, 0.2) is 0 Å². The Hall–Kier alpha value is -0.670. The van der Waals surface area contributed by atoms with E-state index in [0.29, 0.717) is 12.1 Å². The summed E-state index contributed by atoms with van der Waals surface area (Å²) in [4.78, 5) is 0. The van der Waals surface area contributed by atoms with Crippen LogP contribution < -0.4 is 5.32 Å². The van der Waals surface area contributed by atoms with E-state index in [-0.39, 0.29) is 0 Å². The van der Waals surface area contributed by atoms with Gasteiger partial charge in [0.1, 0.15) is 0 Å². The summed E-state index contributed by atoms with van der Waals surface area (Å²) in [6.07, 6.45) is 5.27. The Balaban J connectivity index is 1.71. The highest BCUT2D eigenvalue weighted by Crippen LogP contribution is 2.37. The van der Waals surface area contributed by atoms with Crippen LogP contribution in [0.25, 0.3) is 0 Å². The number of benzene rings is 1. The first-order valence-corrected chi connectivity index (χ1v) is 8.90. The van der Waals surface area contributed by atoms with Gasteiger partial charge >= 0.3 is 0 Å². The fourth-order valence-electron chi connectivity index (χ4n) is 2.69. The Morgan fingerprint density at radius 2 is 1.95 bits per heavy atom. The van der Waals surface area contributed by atoms with E-state index in [9.17, 15) is 4.21 Å². The third-order valence-corrected chi connectivity index (χ3v) is 4.86. The van der Waals surface area contributed by atoms with Crippen LogP contribution >= 0.6 is 0 Å². The van der Waals surface area contributed by atoms with Crippen molar-refractivity contribution in [3.8, 4) is 0 Å². The number of aryl methyl sites for hydroxylation is 1. The Morgan fingerprint density at radius 1 is 1.32 bits per heavy atom. The van der Waals surface area contributed by atoms with E-state index < -0.39 is 10.8 Å². The van der Waals surface area contributed by atoms with E-state index in [1.165, 1.54) is 24.0 Å². The van der Waals surface area contributed by atoms with Gasteiger partial charge in [-0.15, -0.1) is 0 Å². The molecule has 0 amide bonds. The summed E-state index contributed by atoms with van der Waals surface area (Å²) in [5.41, 5.74) is 2.81. The molecule has 2 nitrogen and oxygen atoms in total. The molecule has 1 saturated carbocycles. The highest BCUT2D eigenvalue weighted by Gasteiger charge is 2.30. The van der Waals surface area contributed by atoms with Gasteiger partial charge in [0.25, 0.3) is 0 Å². The predicted molar refractivity (Wildman–Crippen MR) is 83.1 cm³/mol. The Labute approximate surface area is 119 Å². The molecular weight excluding hydrogens is 254 g/mol. The van der Waals surface area contributed by atoms with Crippen LogP contribution in [0.15, 0.2) is 24.3 Å². The van der Waals surface area contributed by atoms with E-state index in [0.717, 1.165) is 18.1 Å². The maximum atomic E-state index is 11.1. The van der Waals surface area contributed by atoms with Gasteiger partial charge in [0.2, 0.25) is 0 Å². The summed E-state index contributed by atoms with van der Waals surface area (Å²) in [6, 6.07) is 10.1. The predicted octanol–water partition coefficient (Wildman–Crippen LogP) is 2.99. The van der Waals surface area contributed by atoms with E-state index >= 15 is 0 Å². The molecule has 0 spiro atoms. The second kappa shape index (κ2) is 6.67. The Morgan fingerprint density at radius 3 is 2.53 bits per heavy atom. The topological polar surface area (TPSA) is 29.1 Å². The lowest BCUT2D eigenvalue weighted by Crippen LogP contribution is -2.44. The van der Waals surface area contributed by atoms with E-state index in [4.69, 9.17) is 0 Å². The second-order valence-electron chi connectivity index (χ2n) is 5.91. The van der Waals surface area contributed by atoms with Crippen molar-refractivity contribution in [3.63, 3.8) is 0 Å². The molecule has 2 unspecified atom stereocenters. The Kier molecular flexibility index (Phi) is 5.17. The summed E-state index contributed by atoms with van der Waals surface area (Å²) in [5.74, 6) is 1.54. The summed E-state index contributed by atoms with van der Waals surface area (Å²) in [6.45, 7) is 4.33. The maximum absolute atomic E-state index is 11.1. The molecular formula is C16H25NOS. The second-order valence-corrected chi connectivity index (χ2v) is 7.46. The normalized spacial score (nSPS) is 25.6. The summed E-state index contributed by atoms with van der Waals surface area (Å²) >= 11 is 0. The summed E-state index contributed by atoms with van der Waals surface area (Å²) in [5, 5.41) is 3.65. The van der Waals surface area contributed by atoms with Crippen LogP contribution in [-0.4, -0.2) is 28.3 Å². The average Bonchev–Trinajstić information content (AvgIpc) is 2.32. The molecule has 106 valence electrons. The van der Waals surface area contributed by atoms with Crippen molar-refractivity contribution in [1.82, 2.24) is 5.32 Å². The molecule has 3 heteroatoms. The van der Waals surface area contributed by atoms with Crippen LogP contribution in [0.3, 0.4) is 0 Å². The van der Waals surface area contributed by atoms with Gasteiger partial charge in [0, 0.05) is 34.9 Å². The lowest BCUT2D eigenvalue weighted by atomic mass is 9.75. The van der Waals surface area contributed by atoms with Gasteiger partial charge in [-0.1, -0.05) is 29.8 Å². The molecule has 1 aromatic rings. The van der Waals surface area contributed by atoms with Crippen molar-refractivity contribution < 1.29 is 4.21 Å². The highest BCUT2D eigenvalue weighted by molar-refractivity contribution is 7.84. The van der Waals surface area contributed by atoms with E-state index in [1.54, 1.807) is 6.26 Å². The molecule has 1 N–H and O–H groups in total. The SMILES string of the molecule is Cc1ccc(C2CC(NC(C)CCS(C)=O)C2)cc1. The van der Waals surface area contributed by atoms with Crippen molar-refractivity contribution >= 4 is 10.8 Å². The quantitative estimate of drug-likeness (QED) is 0.867. The van der Waals surface area contributed by atoms with Crippen molar-refractivity contribution in [2.45, 2.75) is 51.1 Å². The molecule has 0 radical (unpaired) electrons. The van der Waals surface area contributed by atoms with Gasteiger partial charge in [-0.3, -0.25) is 4.21 Å². The average molecular weight is 279 g/mol. The first-order valence-electron chi connectivity index (χ1n) is 7.17. The van der Waals surface area contributed by atoms with Gasteiger partial charge in [-0.05, 0) is 44.6 Å². The number of hydrogen-bond donors (Lipinski definition) is 1. The van der Waals surface area contributed by atoms with Gasteiger partial charge in [-0.2, -0.15) is 0 Å². The van der Waals surface area contributed by atoms with Crippen LogP contribution in [0.1, 0.15) is 43.2 Å². The van der Waals surface area contributed by atoms with Crippen LogP contribution in [0.4, 0.5) is 0 Å². The molecule has 0 aromatic heterocycles. The minimum Gasteiger partial charge on any atom is -0.311 e. The minimum absolute atomic E-state index is 0.480. The fourth-order valence-corrected chi connectivity index (χ4v) is 3.38. The molecule has 0 saturated heterocycles. The highest BCUT2D eigenvalue weighted by atomic mass is 32.2.